The Balaban J connectivity index is 1.44. The molecular weight excluding hydrogens is 370 g/mol. The first-order chi connectivity index (χ1) is 14.1. The number of carbonyl (C=O) groups is 1. The molecule has 3 aliphatic heterocycles. The van der Waals surface area contributed by atoms with E-state index in [-0.39, 0.29) is 24.1 Å². The molecule has 1 unspecified atom stereocenters. The van der Waals surface area contributed by atoms with Crippen LogP contribution in [-0.2, 0) is 6.54 Å². The van der Waals surface area contributed by atoms with Crippen LogP contribution in [0.1, 0.15) is 41.3 Å². The molecule has 0 aromatic heterocycles. The van der Waals surface area contributed by atoms with Gasteiger partial charge in [0.15, 0.2) is 23.0 Å². The molecule has 1 fully saturated rings. The fraction of sp³-hybridized carbons (Fsp3) is 0.348. The number of quaternary nitrogens is 1. The molecule has 0 saturated carbocycles. The first-order valence-corrected chi connectivity index (χ1v) is 10.1. The highest BCUT2D eigenvalue weighted by Gasteiger charge is 2.33. The van der Waals surface area contributed by atoms with Crippen LogP contribution < -0.4 is 19.1 Å². The van der Waals surface area contributed by atoms with Gasteiger partial charge < -0.3 is 24.2 Å². The largest absolute Gasteiger partial charge is 0.507 e. The molecule has 29 heavy (non-hydrogen) atoms. The van der Waals surface area contributed by atoms with Gasteiger partial charge in [0.1, 0.15) is 12.3 Å². The van der Waals surface area contributed by atoms with Crippen molar-refractivity contribution < 1.29 is 29.0 Å². The maximum Gasteiger partial charge on any atom is 0.231 e. The van der Waals surface area contributed by atoms with E-state index in [9.17, 15) is 9.90 Å². The number of phenolic OH excluding ortho intramolecular Hbond substituents is 1. The second-order valence-electron chi connectivity index (χ2n) is 8.12. The van der Waals surface area contributed by atoms with Crippen LogP contribution in [0.25, 0.3) is 6.08 Å². The predicted octanol–water partition coefficient (Wildman–Crippen LogP) is 2.55. The van der Waals surface area contributed by atoms with Gasteiger partial charge in [-0.3, -0.25) is 4.79 Å². The van der Waals surface area contributed by atoms with Crippen molar-refractivity contribution in [2.24, 2.45) is 5.92 Å². The van der Waals surface area contributed by atoms with Crippen LogP contribution >= 0.6 is 0 Å². The molecule has 3 heterocycles. The van der Waals surface area contributed by atoms with E-state index in [0.29, 0.717) is 40.8 Å². The Morgan fingerprint density at radius 1 is 1.21 bits per heavy atom. The minimum Gasteiger partial charge on any atom is -0.507 e. The molecule has 2 aromatic carbocycles. The molecule has 3 aliphatic rings. The average Bonchev–Trinajstić information content (AvgIpc) is 3.29. The summed E-state index contributed by atoms with van der Waals surface area (Å²) in [6.07, 6.45) is 4.14. The molecule has 5 rings (SSSR count). The molecule has 0 radical (unpaired) electrons. The van der Waals surface area contributed by atoms with E-state index in [1.165, 1.54) is 17.7 Å². The van der Waals surface area contributed by atoms with Crippen LogP contribution in [0.15, 0.2) is 36.1 Å². The molecule has 2 atom stereocenters. The number of Topliss-reactive ketones (excluding diaryl/α,β-unsaturated/α-hetero) is 1. The SMILES string of the molecule is C[C@H]1CCC[NH+](Cc2c(O)ccc3c2OC(=Cc2ccc4c(c2)OCO4)C3=O)C1. The maximum atomic E-state index is 12.9. The zero-order valence-corrected chi connectivity index (χ0v) is 16.4. The number of hydrogen-bond donors (Lipinski definition) is 2. The second-order valence-corrected chi connectivity index (χ2v) is 8.12. The van der Waals surface area contributed by atoms with Crippen molar-refractivity contribution in [3.05, 3.63) is 52.8 Å². The van der Waals surface area contributed by atoms with E-state index in [4.69, 9.17) is 14.2 Å². The van der Waals surface area contributed by atoms with Crippen LogP contribution in [-0.4, -0.2) is 30.8 Å². The van der Waals surface area contributed by atoms with E-state index >= 15 is 0 Å². The number of fused-ring (bicyclic) bond motifs is 2. The number of hydrogen-bond acceptors (Lipinski definition) is 5. The molecule has 0 aliphatic carbocycles. The van der Waals surface area contributed by atoms with E-state index in [1.807, 2.05) is 18.2 Å². The summed E-state index contributed by atoms with van der Waals surface area (Å²) in [6.45, 7) is 5.26. The molecule has 0 bridgehead atoms. The van der Waals surface area contributed by atoms with Gasteiger partial charge in [0, 0.05) is 5.92 Å². The van der Waals surface area contributed by atoms with Crippen molar-refractivity contribution in [1.82, 2.24) is 0 Å². The maximum absolute atomic E-state index is 12.9. The van der Waals surface area contributed by atoms with Gasteiger partial charge in [-0.15, -0.1) is 0 Å². The topological polar surface area (TPSA) is 69.4 Å². The summed E-state index contributed by atoms with van der Waals surface area (Å²) in [5.41, 5.74) is 2.02. The number of ether oxygens (including phenoxy) is 3. The zero-order valence-electron chi connectivity index (χ0n) is 16.4. The molecule has 0 spiro atoms. The molecule has 6 nitrogen and oxygen atoms in total. The lowest BCUT2D eigenvalue weighted by molar-refractivity contribution is -0.922. The number of benzene rings is 2. The predicted molar refractivity (Wildman–Crippen MR) is 106 cm³/mol. The summed E-state index contributed by atoms with van der Waals surface area (Å²) in [7, 11) is 0. The van der Waals surface area contributed by atoms with E-state index in [1.54, 1.807) is 18.2 Å². The zero-order chi connectivity index (χ0) is 20.0. The van der Waals surface area contributed by atoms with Crippen LogP contribution in [0, 0.1) is 5.92 Å². The summed E-state index contributed by atoms with van der Waals surface area (Å²) in [5.74, 6) is 2.79. The second kappa shape index (κ2) is 7.12. The Morgan fingerprint density at radius 3 is 2.93 bits per heavy atom. The van der Waals surface area contributed by atoms with Crippen LogP contribution in [0.2, 0.25) is 0 Å². The van der Waals surface area contributed by atoms with Crippen LogP contribution in [0.4, 0.5) is 0 Å². The molecule has 2 N–H and O–H groups in total. The molecule has 6 heteroatoms. The molecule has 150 valence electrons. The number of rotatable bonds is 3. The molecule has 1 saturated heterocycles. The lowest BCUT2D eigenvalue weighted by atomic mass is 9.99. The minimum atomic E-state index is -0.166. The Labute approximate surface area is 169 Å². The van der Waals surface area contributed by atoms with Gasteiger partial charge in [0.2, 0.25) is 12.6 Å². The minimum absolute atomic E-state index is 0.166. The van der Waals surface area contributed by atoms with E-state index in [0.717, 1.165) is 18.7 Å². The number of carbonyl (C=O) groups excluding carboxylic acids is 1. The first-order valence-electron chi connectivity index (χ1n) is 10.1. The lowest BCUT2D eigenvalue weighted by Crippen LogP contribution is -3.12. The van der Waals surface area contributed by atoms with Crippen molar-refractivity contribution in [2.75, 3.05) is 19.9 Å². The van der Waals surface area contributed by atoms with Crippen LogP contribution in [0.5, 0.6) is 23.0 Å². The van der Waals surface area contributed by atoms with Crippen molar-refractivity contribution in [3.8, 4) is 23.0 Å². The Hall–Kier alpha value is -2.99. The summed E-state index contributed by atoms with van der Waals surface area (Å²) in [5, 5.41) is 10.5. The van der Waals surface area contributed by atoms with Gasteiger partial charge >= 0.3 is 0 Å². The highest BCUT2D eigenvalue weighted by molar-refractivity contribution is 6.15. The standard InChI is InChI=1S/C23H23NO5/c1-14-3-2-8-24(11-14)12-17-18(25)6-5-16-22(26)21(29-23(16)17)10-15-4-7-19-20(9-15)28-13-27-19/h4-7,9-10,14,25H,2-3,8,11-13H2,1H3/p+1/t14-/m0/s1. The van der Waals surface area contributed by atoms with Gasteiger partial charge in [-0.25, -0.2) is 0 Å². The van der Waals surface area contributed by atoms with Gasteiger partial charge in [-0.1, -0.05) is 13.0 Å². The van der Waals surface area contributed by atoms with Gasteiger partial charge in [-0.2, -0.15) is 0 Å². The third-order valence-electron chi connectivity index (χ3n) is 5.90. The average molecular weight is 394 g/mol. The number of likely N-dealkylation sites (tertiary alicyclic amines) is 1. The van der Waals surface area contributed by atoms with Gasteiger partial charge in [0.25, 0.3) is 0 Å². The smallest absolute Gasteiger partial charge is 0.231 e. The molecular formula is C23H24NO5+. The highest BCUT2D eigenvalue weighted by Crippen LogP contribution is 2.40. The Kier molecular flexibility index (Phi) is 4.43. The highest BCUT2D eigenvalue weighted by atomic mass is 16.7. The van der Waals surface area contributed by atoms with E-state index < -0.39 is 0 Å². The third-order valence-corrected chi connectivity index (χ3v) is 5.90. The van der Waals surface area contributed by atoms with E-state index in [2.05, 4.69) is 6.92 Å². The van der Waals surface area contributed by atoms with Crippen molar-refractivity contribution in [3.63, 3.8) is 0 Å². The Morgan fingerprint density at radius 2 is 2.07 bits per heavy atom. The fourth-order valence-electron chi connectivity index (χ4n) is 4.43. The fourth-order valence-corrected chi connectivity index (χ4v) is 4.43. The number of ketones is 1. The number of piperidine rings is 1. The van der Waals surface area contributed by atoms with Crippen molar-refractivity contribution in [1.29, 1.82) is 0 Å². The number of phenols is 1. The van der Waals surface area contributed by atoms with Gasteiger partial charge in [-0.05, 0) is 48.7 Å². The van der Waals surface area contributed by atoms with Gasteiger partial charge in [0.05, 0.1) is 24.2 Å². The summed E-state index contributed by atoms with van der Waals surface area (Å²) >= 11 is 0. The normalized spacial score (nSPS) is 23.9. The first kappa shape index (κ1) is 18.1. The third kappa shape index (κ3) is 3.34. The monoisotopic (exact) mass is 394 g/mol. The molecule has 0 amide bonds. The number of nitrogens with one attached hydrogen (secondary N) is 1. The van der Waals surface area contributed by atoms with Crippen molar-refractivity contribution in [2.45, 2.75) is 26.3 Å². The summed E-state index contributed by atoms with van der Waals surface area (Å²) in [6, 6.07) is 8.75. The Bertz CT molecular complexity index is 1010. The lowest BCUT2D eigenvalue weighted by Gasteiger charge is -2.28. The number of aromatic hydroxyl groups is 1. The molecule has 2 aromatic rings. The summed E-state index contributed by atoms with van der Waals surface area (Å²) < 4.78 is 16.7. The quantitative estimate of drug-likeness (QED) is 0.783. The summed E-state index contributed by atoms with van der Waals surface area (Å²) in [4.78, 5) is 14.3. The van der Waals surface area contributed by atoms with Crippen LogP contribution in [0.3, 0.4) is 0 Å². The number of allylic oxidation sites excluding steroid dienone is 1. The van der Waals surface area contributed by atoms with Crippen molar-refractivity contribution >= 4 is 11.9 Å².